The lowest BCUT2D eigenvalue weighted by Crippen LogP contribution is -2.57. The van der Waals surface area contributed by atoms with Crippen LogP contribution in [0.4, 0.5) is 11.6 Å². The van der Waals surface area contributed by atoms with Gasteiger partial charge in [0.25, 0.3) is 0 Å². The van der Waals surface area contributed by atoms with E-state index in [0.717, 1.165) is 77.3 Å². The second kappa shape index (κ2) is 9.15. The number of aromatic nitrogens is 5. The van der Waals surface area contributed by atoms with Crippen LogP contribution in [0.15, 0.2) is 42.7 Å². The number of ether oxygens (including phenoxy) is 2. The van der Waals surface area contributed by atoms with Gasteiger partial charge < -0.3 is 14.8 Å². The third-order valence-corrected chi connectivity index (χ3v) is 7.14. The first kappa shape index (κ1) is 22.9. The number of likely N-dealkylation sites (N-methyl/N-ethyl adjacent to an activating group) is 1. The van der Waals surface area contributed by atoms with Crippen molar-refractivity contribution in [1.82, 2.24) is 29.5 Å². The lowest BCUT2D eigenvalue weighted by atomic mass is 9.92. The van der Waals surface area contributed by atoms with Gasteiger partial charge in [-0.05, 0) is 51.6 Å². The number of aryl methyl sites for hydroxylation is 3. The van der Waals surface area contributed by atoms with Gasteiger partial charge in [-0.2, -0.15) is 5.10 Å². The molecule has 6 heterocycles. The number of hydrogen-bond acceptors (Lipinski definition) is 8. The number of nitrogens with zero attached hydrogens (tertiary/aromatic N) is 6. The Morgan fingerprint density at radius 2 is 1.78 bits per heavy atom. The lowest BCUT2D eigenvalue weighted by molar-refractivity contribution is -0.0879. The van der Waals surface area contributed by atoms with E-state index in [1.165, 1.54) is 0 Å². The lowest BCUT2D eigenvalue weighted by Gasteiger charge is -2.46. The first-order valence-electron chi connectivity index (χ1n) is 12.4. The molecule has 1 N–H and O–H groups in total. The van der Waals surface area contributed by atoms with Gasteiger partial charge in [-0.15, -0.1) is 0 Å². The number of anilines is 2. The van der Waals surface area contributed by atoms with E-state index < -0.39 is 0 Å². The smallest absolute Gasteiger partial charge is 0.154 e. The van der Waals surface area contributed by atoms with E-state index in [1.807, 2.05) is 49.8 Å². The zero-order valence-corrected chi connectivity index (χ0v) is 21.1. The molecule has 36 heavy (non-hydrogen) atoms. The van der Waals surface area contributed by atoms with Crippen molar-refractivity contribution in [3.8, 4) is 16.9 Å². The topological polar surface area (TPSA) is 89.7 Å². The minimum Gasteiger partial charge on any atom is -0.488 e. The maximum Gasteiger partial charge on any atom is 0.154 e. The van der Waals surface area contributed by atoms with Gasteiger partial charge in [-0.3, -0.25) is 9.88 Å². The number of rotatable bonds is 5. The van der Waals surface area contributed by atoms with Crippen LogP contribution in [0.5, 0.6) is 5.75 Å². The number of pyridine rings is 2. The average molecular weight is 486 g/mol. The van der Waals surface area contributed by atoms with Crippen LogP contribution in [0.2, 0.25) is 0 Å². The largest absolute Gasteiger partial charge is 0.488 e. The number of piperidine rings is 1. The molecular formula is C27H31N7O2. The zero-order valence-electron chi connectivity index (χ0n) is 21.1. The van der Waals surface area contributed by atoms with E-state index in [1.54, 1.807) is 0 Å². The number of morpholine rings is 1. The molecule has 2 fully saturated rings. The second-order valence-electron chi connectivity index (χ2n) is 9.92. The van der Waals surface area contributed by atoms with Crippen LogP contribution in [0.3, 0.4) is 0 Å². The molecule has 4 aromatic heterocycles. The standard InChI is InChI=1S/C27H31N7O2/c1-16-7-24(25(13-28-16)36-23-10-21-14-35-15-22(11-23)33(21)4)19-5-6-34-20(9-19)12-27(32-34)31-26-8-17(2)29-18(3)30-26/h5-9,12-13,21-23H,10-11,14-15H2,1-4H3,(H,29,30,31,32)/t21-,22+,23?. The first-order chi connectivity index (χ1) is 17.4. The Kier molecular flexibility index (Phi) is 5.81. The van der Waals surface area contributed by atoms with Crippen molar-refractivity contribution in [2.24, 2.45) is 0 Å². The molecule has 186 valence electrons. The Labute approximate surface area is 210 Å². The highest BCUT2D eigenvalue weighted by molar-refractivity contribution is 5.75. The summed E-state index contributed by atoms with van der Waals surface area (Å²) < 4.78 is 14.2. The molecule has 0 spiro atoms. The molecule has 2 aliphatic rings. The Balaban J connectivity index is 1.28. The van der Waals surface area contributed by atoms with Crippen LogP contribution in [-0.4, -0.2) is 67.9 Å². The number of hydrogen-bond donors (Lipinski definition) is 1. The van der Waals surface area contributed by atoms with Crippen molar-refractivity contribution in [3.05, 3.63) is 59.9 Å². The predicted octanol–water partition coefficient (Wildman–Crippen LogP) is 4.10. The van der Waals surface area contributed by atoms with E-state index in [0.29, 0.717) is 12.1 Å². The minimum atomic E-state index is 0.151. The molecule has 9 heteroatoms. The molecule has 1 unspecified atom stereocenters. The second-order valence-corrected chi connectivity index (χ2v) is 9.92. The monoisotopic (exact) mass is 485 g/mol. The highest BCUT2D eigenvalue weighted by atomic mass is 16.5. The van der Waals surface area contributed by atoms with Crippen molar-refractivity contribution in [2.45, 2.75) is 51.8 Å². The molecule has 3 atom stereocenters. The van der Waals surface area contributed by atoms with Gasteiger partial charge in [0, 0.05) is 60.2 Å². The zero-order chi connectivity index (χ0) is 24.8. The molecule has 0 aromatic carbocycles. The maximum absolute atomic E-state index is 6.61. The number of nitrogens with one attached hydrogen (secondary N) is 1. The van der Waals surface area contributed by atoms with E-state index in [2.05, 4.69) is 55.5 Å². The van der Waals surface area contributed by atoms with Gasteiger partial charge in [0.2, 0.25) is 0 Å². The normalized spacial score (nSPS) is 22.1. The molecule has 9 nitrogen and oxygen atoms in total. The van der Waals surface area contributed by atoms with Crippen LogP contribution in [0.25, 0.3) is 16.6 Å². The molecule has 2 aliphatic heterocycles. The van der Waals surface area contributed by atoms with Gasteiger partial charge in [-0.1, -0.05) is 0 Å². The maximum atomic E-state index is 6.61. The third-order valence-electron chi connectivity index (χ3n) is 7.14. The molecule has 0 radical (unpaired) electrons. The summed E-state index contributed by atoms with van der Waals surface area (Å²) in [7, 11) is 2.20. The van der Waals surface area contributed by atoms with Crippen LogP contribution < -0.4 is 10.1 Å². The van der Waals surface area contributed by atoms with Crippen LogP contribution in [0, 0.1) is 20.8 Å². The van der Waals surface area contributed by atoms with Crippen LogP contribution in [0.1, 0.15) is 30.1 Å². The first-order valence-corrected chi connectivity index (χ1v) is 12.4. The molecule has 0 saturated carbocycles. The quantitative estimate of drug-likeness (QED) is 0.452. The van der Waals surface area contributed by atoms with Crippen molar-refractivity contribution in [2.75, 3.05) is 25.6 Å². The van der Waals surface area contributed by atoms with Crippen LogP contribution >= 0.6 is 0 Å². The van der Waals surface area contributed by atoms with Crippen molar-refractivity contribution >= 4 is 17.2 Å². The summed E-state index contributed by atoms with van der Waals surface area (Å²) >= 11 is 0. The number of fused-ring (bicyclic) bond motifs is 3. The fraction of sp³-hybridized carbons (Fsp3) is 0.407. The Hall–Kier alpha value is -3.56. The Bertz CT molecular complexity index is 1380. The summed E-state index contributed by atoms with van der Waals surface area (Å²) in [5, 5.41) is 7.96. The predicted molar refractivity (Wildman–Crippen MR) is 138 cm³/mol. The fourth-order valence-electron chi connectivity index (χ4n) is 5.32. The SMILES string of the molecule is Cc1cc(-c2ccn3nc(Nc4cc(C)nc(C)n4)cc3c2)c(OC2C[C@H]3COC[C@@H](C2)N3C)cn1. The van der Waals surface area contributed by atoms with Crippen molar-refractivity contribution in [1.29, 1.82) is 0 Å². The van der Waals surface area contributed by atoms with Gasteiger partial charge in [0.1, 0.15) is 23.5 Å². The summed E-state index contributed by atoms with van der Waals surface area (Å²) in [6.07, 6.45) is 5.90. The fourth-order valence-corrected chi connectivity index (χ4v) is 5.32. The minimum absolute atomic E-state index is 0.151. The highest BCUT2D eigenvalue weighted by Gasteiger charge is 2.38. The van der Waals surface area contributed by atoms with Gasteiger partial charge in [0.15, 0.2) is 5.82 Å². The van der Waals surface area contributed by atoms with E-state index in [9.17, 15) is 0 Å². The van der Waals surface area contributed by atoms with Crippen molar-refractivity contribution < 1.29 is 9.47 Å². The van der Waals surface area contributed by atoms with E-state index in [-0.39, 0.29) is 6.10 Å². The molecule has 2 saturated heterocycles. The van der Waals surface area contributed by atoms with E-state index >= 15 is 0 Å². The van der Waals surface area contributed by atoms with Gasteiger partial charge in [0.05, 0.1) is 24.9 Å². The summed E-state index contributed by atoms with van der Waals surface area (Å²) in [6, 6.07) is 11.0. The molecule has 4 aromatic rings. The van der Waals surface area contributed by atoms with Gasteiger partial charge in [-0.25, -0.2) is 14.5 Å². The Morgan fingerprint density at radius 3 is 2.56 bits per heavy atom. The summed E-state index contributed by atoms with van der Waals surface area (Å²) in [5.41, 5.74) is 4.96. The highest BCUT2D eigenvalue weighted by Crippen LogP contribution is 2.35. The van der Waals surface area contributed by atoms with Gasteiger partial charge >= 0.3 is 0 Å². The Morgan fingerprint density at radius 1 is 0.972 bits per heavy atom. The van der Waals surface area contributed by atoms with Crippen molar-refractivity contribution in [3.63, 3.8) is 0 Å². The molecular weight excluding hydrogens is 454 g/mol. The third kappa shape index (κ3) is 4.52. The molecule has 0 aliphatic carbocycles. The summed E-state index contributed by atoms with van der Waals surface area (Å²) in [6.45, 7) is 7.40. The summed E-state index contributed by atoms with van der Waals surface area (Å²) in [4.78, 5) is 15.8. The average Bonchev–Trinajstić information content (AvgIpc) is 3.21. The molecule has 6 rings (SSSR count). The van der Waals surface area contributed by atoms with E-state index in [4.69, 9.17) is 9.47 Å². The summed E-state index contributed by atoms with van der Waals surface area (Å²) in [5.74, 6) is 3.01. The molecule has 2 bridgehead atoms. The van der Waals surface area contributed by atoms with Crippen LogP contribution in [-0.2, 0) is 4.74 Å². The molecule has 0 amide bonds.